The maximum atomic E-state index is 10.5. The molecule has 0 aliphatic rings. The molecule has 0 amide bonds. The van der Waals surface area contributed by atoms with E-state index < -0.39 is 6.10 Å². The Kier molecular flexibility index (Phi) is 3.53. The zero-order chi connectivity index (χ0) is 9.84. The molecule has 0 aliphatic heterocycles. The van der Waals surface area contributed by atoms with Gasteiger partial charge in [-0.1, -0.05) is 0 Å². The number of aromatic nitrogens is 1. The zero-order valence-corrected chi connectivity index (χ0v) is 8.30. The SMILES string of the molecule is COCC(O)c1nc(C)c(C=O)s1. The van der Waals surface area contributed by atoms with Gasteiger partial charge in [-0.3, -0.25) is 4.79 Å². The van der Waals surface area contributed by atoms with Gasteiger partial charge in [0.15, 0.2) is 6.29 Å². The fourth-order valence-corrected chi connectivity index (χ4v) is 1.76. The van der Waals surface area contributed by atoms with E-state index in [1.54, 1.807) is 6.92 Å². The van der Waals surface area contributed by atoms with Crippen molar-refractivity contribution in [3.63, 3.8) is 0 Å². The number of rotatable bonds is 4. The number of carbonyl (C=O) groups is 1. The summed E-state index contributed by atoms with van der Waals surface area (Å²) in [4.78, 5) is 15.1. The average molecular weight is 201 g/mol. The molecule has 1 atom stereocenters. The molecule has 0 aromatic carbocycles. The van der Waals surface area contributed by atoms with E-state index in [0.717, 1.165) is 6.29 Å². The van der Waals surface area contributed by atoms with Crippen LogP contribution >= 0.6 is 11.3 Å². The minimum atomic E-state index is -0.734. The molecule has 72 valence electrons. The quantitative estimate of drug-likeness (QED) is 0.737. The van der Waals surface area contributed by atoms with Crippen molar-refractivity contribution in [3.05, 3.63) is 15.6 Å². The molecule has 1 rings (SSSR count). The molecule has 0 fully saturated rings. The van der Waals surface area contributed by atoms with Gasteiger partial charge in [-0.05, 0) is 6.92 Å². The van der Waals surface area contributed by atoms with Crippen molar-refractivity contribution in [2.75, 3.05) is 13.7 Å². The van der Waals surface area contributed by atoms with E-state index in [1.165, 1.54) is 18.4 Å². The van der Waals surface area contributed by atoms with Crippen molar-refractivity contribution < 1.29 is 14.6 Å². The van der Waals surface area contributed by atoms with Crippen LogP contribution in [0.3, 0.4) is 0 Å². The van der Waals surface area contributed by atoms with Crippen molar-refractivity contribution in [3.8, 4) is 0 Å². The average Bonchev–Trinajstić information content (AvgIpc) is 2.47. The van der Waals surface area contributed by atoms with Gasteiger partial charge in [0.1, 0.15) is 11.1 Å². The monoisotopic (exact) mass is 201 g/mol. The van der Waals surface area contributed by atoms with Crippen LogP contribution in [0, 0.1) is 6.92 Å². The summed E-state index contributed by atoms with van der Waals surface area (Å²) in [5.74, 6) is 0. The van der Waals surface area contributed by atoms with Crippen LogP contribution in [0.2, 0.25) is 0 Å². The lowest BCUT2D eigenvalue weighted by atomic mass is 10.4. The minimum Gasteiger partial charge on any atom is -0.383 e. The van der Waals surface area contributed by atoms with Gasteiger partial charge >= 0.3 is 0 Å². The highest BCUT2D eigenvalue weighted by molar-refractivity contribution is 7.13. The molecule has 1 aromatic heterocycles. The minimum absolute atomic E-state index is 0.200. The van der Waals surface area contributed by atoms with E-state index in [-0.39, 0.29) is 6.61 Å². The van der Waals surface area contributed by atoms with Gasteiger partial charge in [-0.2, -0.15) is 0 Å². The smallest absolute Gasteiger partial charge is 0.161 e. The van der Waals surface area contributed by atoms with Crippen LogP contribution < -0.4 is 0 Å². The van der Waals surface area contributed by atoms with Crippen LogP contribution in [-0.2, 0) is 4.74 Å². The molecular weight excluding hydrogens is 190 g/mol. The Morgan fingerprint density at radius 2 is 2.46 bits per heavy atom. The standard InChI is InChI=1S/C8H11NO3S/c1-5-7(3-10)13-8(9-5)6(11)4-12-2/h3,6,11H,4H2,1-2H3. The maximum absolute atomic E-state index is 10.5. The molecule has 0 saturated carbocycles. The first-order chi connectivity index (χ1) is 6.19. The number of aldehydes is 1. The second-order valence-electron chi connectivity index (χ2n) is 2.59. The molecule has 0 radical (unpaired) electrons. The zero-order valence-electron chi connectivity index (χ0n) is 7.48. The predicted octanol–water partition coefficient (Wildman–Crippen LogP) is 0.944. The van der Waals surface area contributed by atoms with E-state index in [2.05, 4.69) is 4.98 Å². The van der Waals surface area contributed by atoms with Crippen LogP contribution in [0.5, 0.6) is 0 Å². The summed E-state index contributed by atoms with van der Waals surface area (Å²) in [6.45, 7) is 1.94. The number of thiazole rings is 1. The molecule has 0 aliphatic carbocycles. The largest absolute Gasteiger partial charge is 0.383 e. The van der Waals surface area contributed by atoms with Gasteiger partial charge in [0, 0.05) is 7.11 Å². The molecule has 1 N–H and O–H groups in total. The van der Waals surface area contributed by atoms with E-state index in [0.29, 0.717) is 15.6 Å². The predicted molar refractivity (Wildman–Crippen MR) is 49.1 cm³/mol. The van der Waals surface area contributed by atoms with E-state index >= 15 is 0 Å². The molecule has 1 unspecified atom stereocenters. The third-order valence-electron chi connectivity index (χ3n) is 1.57. The first-order valence-corrected chi connectivity index (χ1v) is 4.60. The number of nitrogens with zero attached hydrogens (tertiary/aromatic N) is 1. The summed E-state index contributed by atoms with van der Waals surface area (Å²) < 4.78 is 4.77. The molecule has 4 nitrogen and oxygen atoms in total. The molecule has 5 heteroatoms. The van der Waals surface area contributed by atoms with Crippen molar-refractivity contribution in [1.82, 2.24) is 4.98 Å². The lowest BCUT2D eigenvalue weighted by Gasteiger charge is -2.03. The summed E-state index contributed by atoms with van der Waals surface area (Å²) in [5.41, 5.74) is 0.658. The third-order valence-corrected chi connectivity index (χ3v) is 2.75. The molecule has 0 saturated heterocycles. The van der Waals surface area contributed by atoms with Crippen molar-refractivity contribution in [2.45, 2.75) is 13.0 Å². The van der Waals surface area contributed by atoms with Crippen LogP contribution in [0.4, 0.5) is 0 Å². The first kappa shape index (κ1) is 10.3. The molecule has 1 aromatic rings. The van der Waals surface area contributed by atoms with Gasteiger partial charge in [-0.25, -0.2) is 4.98 Å². The van der Waals surface area contributed by atoms with Crippen molar-refractivity contribution >= 4 is 17.6 Å². The Labute approximate surface area is 80.2 Å². The number of ether oxygens (including phenoxy) is 1. The summed E-state index contributed by atoms with van der Waals surface area (Å²) in [6.07, 6.45) is 0.0122. The number of aliphatic hydroxyl groups is 1. The van der Waals surface area contributed by atoms with Crippen LogP contribution in [0.1, 0.15) is 26.5 Å². The van der Waals surface area contributed by atoms with Crippen LogP contribution in [0.15, 0.2) is 0 Å². The highest BCUT2D eigenvalue weighted by Crippen LogP contribution is 2.22. The van der Waals surface area contributed by atoms with Gasteiger partial charge in [-0.15, -0.1) is 11.3 Å². The third kappa shape index (κ3) is 2.33. The molecule has 1 heterocycles. The molecular formula is C8H11NO3S. The molecule has 0 bridgehead atoms. The topological polar surface area (TPSA) is 59.4 Å². The Hall–Kier alpha value is -0.780. The highest BCUT2D eigenvalue weighted by Gasteiger charge is 2.14. The number of methoxy groups -OCH3 is 1. The number of hydrogen-bond donors (Lipinski definition) is 1. The highest BCUT2D eigenvalue weighted by atomic mass is 32.1. The first-order valence-electron chi connectivity index (χ1n) is 3.78. The Bertz CT molecular complexity index is 298. The Balaban J connectivity index is 2.83. The molecule has 13 heavy (non-hydrogen) atoms. The number of carbonyl (C=O) groups excluding carboxylic acids is 1. The van der Waals surface area contributed by atoms with Gasteiger partial charge < -0.3 is 9.84 Å². The van der Waals surface area contributed by atoms with Crippen molar-refractivity contribution in [2.24, 2.45) is 0 Å². The second-order valence-corrected chi connectivity index (χ2v) is 3.65. The van der Waals surface area contributed by atoms with E-state index in [1.807, 2.05) is 0 Å². The van der Waals surface area contributed by atoms with Gasteiger partial charge in [0.2, 0.25) is 0 Å². The van der Waals surface area contributed by atoms with Gasteiger partial charge in [0.05, 0.1) is 17.2 Å². The Morgan fingerprint density at radius 1 is 1.77 bits per heavy atom. The Morgan fingerprint density at radius 3 is 2.92 bits per heavy atom. The van der Waals surface area contributed by atoms with Crippen molar-refractivity contribution in [1.29, 1.82) is 0 Å². The summed E-state index contributed by atoms with van der Waals surface area (Å²) >= 11 is 1.20. The summed E-state index contributed by atoms with van der Waals surface area (Å²) in [5, 5.41) is 9.99. The number of aryl methyl sites for hydroxylation is 1. The number of aliphatic hydroxyl groups excluding tert-OH is 1. The lowest BCUT2D eigenvalue weighted by Crippen LogP contribution is -2.04. The van der Waals surface area contributed by atoms with E-state index in [9.17, 15) is 9.90 Å². The van der Waals surface area contributed by atoms with Crippen LogP contribution in [0.25, 0.3) is 0 Å². The normalized spacial score (nSPS) is 12.8. The second kappa shape index (κ2) is 4.45. The van der Waals surface area contributed by atoms with Gasteiger partial charge in [0.25, 0.3) is 0 Å². The van der Waals surface area contributed by atoms with Crippen LogP contribution in [-0.4, -0.2) is 30.1 Å². The molecule has 0 spiro atoms. The van der Waals surface area contributed by atoms with E-state index in [4.69, 9.17) is 4.74 Å². The maximum Gasteiger partial charge on any atom is 0.161 e. The number of hydrogen-bond acceptors (Lipinski definition) is 5. The fourth-order valence-electron chi connectivity index (χ4n) is 0.911. The lowest BCUT2D eigenvalue weighted by molar-refractivity contribution is 0.0642. The summed E-state index contributed by atoms with van der Waals surface area (Å²) in [6, 6.07) is 0. The fraction of sp³-hybridized carbons (Fsp3) is 0.500. The summed E-state index contributed by atoms with van der Waals surface area (Å²) in [7, 11) is 1.50.